The highest BCUT2D eigenvalue weighted by atomic mass is 32.2. The topological polar surface area (TPSA) is 142 Å². The van der Waals surface area contributed by atoms with E-state index in [9.17, 15) is 26.4 Å². The summed E-state index contributed by atoms with van der Waals surface area (Å²) in [6.07, 6.45) is -2.22. The van der Waals surface area contributed by atoms with E-state index in [2.05, 4.69) is 32.0 Å². The molecule has 256 valence electrons. The second-order valence-electron chi connectivity index (χ2n) is 10.9. The second-order valence-corrected chi connectivity index (χ2v) is 13.7. The number of amides is 1. The van der Waals surface area contributed by atoms with Crippen LogP contribution in [0.3, 0.4) is 0 Å². The first-order valence-corrected chi connectivity index (χ1v) is 17.4. The van der Waals surface area contributed by atoms with E-state index in [1.54, 1.807) is 30.5 Å². The van der Waals surface area contributed by atoms with Crippen LogP contribution in [-0.4, -0.2) is 90.3 Å². The molecule has 11 nitrogen and oxygen atoms in total. The van der Waals surface area contributed by atoms with Gasteiger partial charge >= 0.3 is 12.1 Å². The lowest BCUT2D eigenvalue weighted by molar-refractivity contribution is -0.192. The number of carboxylic acids is 1. The van der Waals surface area contributed by atoms with Gasteiger partial charge in [0.15, 0.2) is 15.0 Å². The molecular weight excluding hydrogens is 672 g/mol. The number of carbonyl (C=O) groups excluding carboxylic acids is 1. The van der Waals surface area contributed by atoms with Gasteiger partial charge in [-0.05, 0) is 67.6 Å². The molecule has 2 aromatic carbocycles. The van der Waals surface area contributed by atoms with Crippen molar-refractivity contribution in [3.8, 4) is 22.8 Å². The number of carboxylic acid groups (broad SMARTS) is 1. The largest absolute Gasteiger partial charge is 0.490 e. The van der Waals surface area contributed by atoms with Crippen LogP contribution >= 0.6 is 11.3 Å². The zero-order chi connectivity index (χ0) is 35.1. The molecule has 5 rings (SSSR count). The molecule has 0 radical (unpaired) electrons. The maximum absolute atomic E-state index is 13.4. The number of sulfone groups is 1. The number of thiazole rings is 1. The molecule has 4 aromatic rings. The van der Waals surface area contributed by atoms with Crippen molar-refractivity contribution >= 4 is 38.2 Å². The van der Waals surface area contributed by atoms with Crippen molar-refractivity contribution in [3.05, 3.63) is 83.0 Å². The van der Waals surface area contributed by atoms with E-state index >= 15 is 0 Å². The summed E-state index contributed by atoms with van der Waals surface area (Å²) in [4.78, 5) is 36.5. The molecule has 16 heteroatoms. The zero-order valence-corrected chi connectivity index (χ0v) is 28.0. The number of nitrogens with zero attached hydrogens (tertiary/aromatic N) is 4. The van der Waals surface area contributed by atoms with Crippen molar-refractivity contribution in [1.82, 2.24) is 19.8 Å². The van der Waals surface area contributed by atoms with Crippen molar-refractivity contribution in [1.29, 1.82) is 0 Å². The number of ether oxygens (including phenoxy) is 1. The Balaban J connectivity index is 0.000000671. The van der Waals surface area contributed by atoms with Crippen LogP contribution < -0.4 is 10.1 Å². The van der Waals surface area contributed by atoms with Gasteiger partial charge in [0.25, 0.3) is 5.91 Å². The summed E-state index contributed by atoms with van der Waals surface area (Å²) in [5, 5.41) is 12.6. The van der Waals surface area contributed by atoms with Gasteiger partial charge in [-0.25, -0.2) is 18.2 Å². The normalized spacial score (nSPS) is 14.1. The lowest BCUT2D eigenvalue weighted by atomic mass is 10.0. The van der Waals surface area contributed by atoms with Gasteiger partial charge in [0.05, 0.1) is 16.3 Å². The molecule has 1 aliphatic heterocycles. The quantitative estimate of drug-likeness (QED) is 0.222. The van der Waals surface area contributed by atoms with Crippen LogP contribution in [0.15, 0.2) is 71.1 Å². The number of likely N-dealkylation sites (N-methyl/N-ethyl adjacent to an activating group) is 1. The fourth-order valence-corrected chi connectivity index (χ4v) is 6.03. The summed E-state index contributed by atoms with van der Waals surface area (Å²) in [5.41, 5.74) is 3.75. The van der Waals surface area contributed by atoms with Gasteiger partial charge in [0.2, 0.25) is 0 Å². The Labute approximate surface area is 279 Å². The molecule has 1 saturated heterocycles. The predicted octanol–water partition coefficient (Wildman–Crippen LogP) is 5.73. The Hall–Kier alpha value is -4.38. The molecule has 0 aliphatic carbocycles. The van der Waals surface area contributed by atoms with Gasteiger partial charge < -0.3 is 14.7 Å². The van der Waals surface area contributed by atoms with Gasteiger partial charge in [0, 0.05) is 61.7 Å². The summed E-state index contributed by atoms with van der Waals surface area (Å²) in [5.74, 6) is -2.19. The van der Waals surface area contributed by atoms with E-state index in [0.717, 1.165) is 68.0 Å². The number of halogens is 3. The van der Waals surface area contributed by atoms with Crippen LogP contribution in [0.5, 0.6) is 11.5 Å². The first-order chi connectivity index (χ1) is 22.6. The lowest BCUT2D eigenvalue weighted by Gasteiger charge is -2.33. The van der Waals surface area contributed by atoms with E-state index in [0.29, 0.717) is 22.2 Å². The third-order valence-electron chi connectivity index (χ3n) is 7.25. The zero-order valence-electron chi connectivity index (χ0n) is 26.3. The van der Waals surface area contributed by atoms with Crippen molar-refractivity contribution in [2.45, 2.75) is 31.5 Å². The number of benzene rings is 2. The fourth-order valence-electron chi connectivity index (χ4n) is 4.70. The van der Waals surface area contributed by atoms with E-state index < -0.39 is 22.0 Å². The van der Waals surface area contributed by atoms with Crippen molar-refractivity contribution in [2.24, 2.45) is 0 Å². The number of piperazine rings is 1. The minimum absolute atomic E-state index is 0.203. The molecule has 1 aliphatic rings. The van der Waals surface area contributed by atoms with Crippen LogP contribution in [0.2, 0.25) is 0 Å². The van der Waals surface area contributed by atoms with Crippen molar-refractivity contribution in [3.63, 3.8) is 0 Å². The number of aryl methyl sites for hydroxylation is 1. The molecule has 3 heterocycles. The fraction of sp³-hybridized carbons (Fsp3) is 0.312. The maximum Gasteiger partial charge on any atom is 0.490 e. The smallest absolute Gasteiger partial charge is 0.475 e. The number of alkyl halides is 3. The molecule has 0 saturated carbocycles. The van der Waals surface area contributed by atoms with Crippen molar-refractivity contribution in [2.75, 3.05) is 44.3 Å². The van der Waals surface area contributed by atoms with Gasteiger partial charge in [-0.2, -0.15) is 13.2 Å². The lowest BCUT2D eigenvalue weighted by Crippen LogP contribution is -2.45. The Morgan fingerprint density at radius 3 is 2.25 bits per heavy atom. The number of carbonyl (C=O) groups is 2. The van der Waals surface area contributed by atoms with E-state index in [1.807, 2.05) is 30.5 Å². The van der Waals surface area contributed by atoms with Crippen LogP contribution in [0.25, 0.3) is 11.3 Å². The minimum Gasteiger partial charge on any atom is -0.475 e. The van der Waals surface area contributed by atoms with Crippen LogP contribution in [0.1, 0.15) is 28.5 Å². The van der Waals surface area contributed by atoms with Gasteiger partial charge in [-0.15, -0.1) is 11.3 Å². The molecule has 2 aromatic heterocycles. The molecule has 1 fully saturated rings. The number of aromatic nitrogens is 2. The highest BCUT2D eigenvalue weighted by Crippen LogP contribution is 2.31. The summed E-state index contributed by atoms with van der Waals surface area (Å²) in [7, 11) is -3.32. The molecule has 0 spiro atoms. The van der Waals surface area contributed by atoms with Gasteiger partial charge in [0.1, 0.15) is 11.5 Å². The molecule has 0 atom stereocenters. The Morgan fingerprint density at radius 1 is 1.02 bits per heavy atom. The number of hydrogen-bond donors (Lipinski definition) is 2. The minimum atomic E-state index is -5.08. The van der Waals surface area contributed by atoms with Gasteiger partial charge in [-0.1, -0.05) is 13.0 Å². The summed E-state index contributed by atoms with van der Waals surface area (Å²) >= 11 is 1.41. The number of aliphatic carboxylic acids is 1. The maximum atomic E-state index is 13.4. The highest BCUT2D eigenvalue weighted by molar-refractivity contribution is 7.90. The standard InChI is InChI=1S/C30H33N5O4S2.C2HF3O2/c1-4-34-12-14-35(15-13-34)19-24-20-40-30(32-24)33-29(36)23-16-22(28-21(2)6-5-11-31-28)17-26(18-23)39-25-7-9-27(10-8-25)41(3,37)38;3-2(4,5)1(6)7/h5-11,16-18,20H,4,12-15,19H2,1-3H3,(H,32,33,36);(H,6,7). The number of rotatable bonds is 9. The Kier molecular flexibility index (Phi) is 11.9. The predicted molar refractivity (Wildman–Crippen MR) is 175 cm³/mol. The molecular formula is C32H34F3N5O6S2. The molecule has 1 amide bonds. The molecule has 2 N–H and O–H groups in total. The Bertz CT molecular complexity index is 1840. The van der Waals surface area contributed by atoms with Crippen LogP contribution in [-0.2, 0) is 21.2 Å². The Morgan fingerprint density at radius 2 is 1.67 bits per heavy atom. The highest BCUT2D eigenvalue weighted by Gasteiger charge is 2.38. The summed E-state index contributed by atoms with van der Waals surface area (Å²) in [6.45, 7) is 10.1. The third kappa shape index (κ3) is 10.3. The monoisotopic (exact) mass is 705 g/mol. The van der Waals surface area contributed by atoms with Crippen LogP contribution in [0.4, 0.5) is 18.3 Å². The first kappa shape index (κ1) is 36.5. The molecule has 0 bridgehead atoms. The van der Waals surface area contributed by atoms with E-state index in [-0.39, 0.29) is 10.8 Å². The molecule has 48 heavy (non-hydrogen) atoms. The first-order valence-electron chi connectivity index (χ1n) is 14.7. The molecule has 0 unspecified atom stereocenters. The number of anilines is 1. The SMILES string of the molecule is CCN1CCN(Cc2csc(NC(=O)c3cc(Oc4ccc(S(C)(=O)=O)cc4)cc(-c4ncccc4C)c3)n2)CC1.O=C(O)C(F)(F)F. The number of nitrogens with one attached hydrogen (secondary N) is 1. The number of pyridine rings is 1. The summed E-state index contributed by atoms with van der Waals surface area (Å²) < 4.78 is 61.5. The third-order valence-corrected chi connectivity index (χ3v) is 9.19. The average Bonchev–Trinajstić information content (AvgIpc) is 3.47. The number of hydrogen-bond acceptors (Lipinski definition) is 10. The van der Waals surface area contributed by atoms with Crippen LogP contribution in [0, 0.1) is 6.92 Å². The van der Waals surface area contributed by atoms with Crippen molar-refractivity contribution < 1.29 is 41.0 Å². The average molecular weight is 706 g/mol. The van der Waals surface area contributed by atoms with E-state index in [4.69, 9.17) is 14.6 Å². The second kappa shape index (κ2) is 15.7. The van der Waals surface area contributed by atoms with E-state index in [1.165, 1.54) is 23.5 Å². The summed E-state index contributed by atoms with van der Waals surface area (Å²) in [6, 6.07) is 15.2. The van der Waals surface area contributed by atoms with Gasteiger partial charge in [-0.3, -0.25) is 20.0 Å².